The van der Waals surface area contributed by atoms with E-state index in [0.29, 0.717) is 12.5 Å². The van der Waals surface area contributed by atoms with Crippen molar-refractivity contribution in [1.29, 1.82) is 0 Å². The Morgan fingerprint density at radius 2 is 2.38 bits per heavy atom. The summed E-state index contributed by atoms with van der Waals surface area (Å²) in [5.74, 6) is 0.131. The summed E-state index contributed by atoms with van der Waals surface area (Å²) in [5.41, 5.74) is 0. The molecule has 0 saturated carbocycles. The van der Waals surface area contributed by atoms with Crippen LogP contribution in [0.15, 0.2) is 0 Å². The predicted octanol–water partition coefficient (Wildman–Crippen LogP) is 1.06. The molecule has 1 amide bonds. The Labute approximate surface area is 98.1 Å². The molecule has 0 aromatic carbocycles. The molecule has 2 unspecified atom stereocenters. The zero-order valence-corrected chi connectivity index (χ0v) is 10.4. The maximum Gasteiger partial charge on any atom is 0.221 e. The minimum absolute atomic E-state index is 0.131. The zero-order chi connectivity index (χ0) is 11.8. The van der Waals surface area contributed by atoms with E-state index in [9.17, 15) is 4.79 Å². The van der Waals surface area contributed by atoms with Gasteiger partial charge in [-0.1, -0.05) is 6.92 Å². The molecule has 0 aliphatic carbocycles. The molecule has 4 nitrogen and oxygen atoms in total. The Kier molecular flexibility index (Phi) is 6.42. The predicted molar refractivity (Wildman–Crippen MR) is 64.4 cm³/mol. The van der Waals surface area contributed by atoms with Gasteiger partial charge in [0.2, 0.25) is 5.91 Å². The minimum atomic E-state index is 0.131. The zero-order valence-electron chi connectivity index (χ0n) is 10.4. The van der Waals surface area contributed by atoms with Crippen LogP contribution in [0, 0.1) is 0 Å². The molecule has 1 aliphatic heterocycles. The third-order valence-corrected chi connectivity index (χ3v) is 2.86. The first-order valence-corrected chi connectivity index (χ1v) is 6.34. The second kappa shape index (κ2) is 7.63. The van der Waals surface area contributed by atoms with Crippen molar-refractivity contribution in [2.45, 2.75) is 51.7 Å². The van der Waals surface area contributed by atoms with Crippen molar-refractivity contribution in [3.05, 3.63) is 0 Å². The van der Waals surface area contributed by atoms with E-state index >= 15 is 0 Å². The van der Waals surface area contributed by atoms with Crippen molar-refractivity contribution in [2.24, 2.45) is 0 Å². The van der Waals surface area contributed by atoms with Crippen LogP contribution in [0.5, 0.6) is 0 Å². The summed E-state index contributed by atoms with van der Waals surface area (Å²) in [4.78, 5) is 11.5. The smallest absolute Gasteiger partial charge is 0.221 e. The molecule has 1 fully saturated rings. The van der Waals surface area contributed by atoms with Gasteiger partial charge in [0, 0.05) is 25.6 Å². The van der Waals surface area contributed by atoms with E-state index < -0.39 is 0 Å². The lowest BCUT2D eigenvalue weighted by molar-refractivity contribution is -0.121. The molecule has 0 spiro atoms. The van der Waals surface area contributed by atoms with Crippen molar-refractivity contribution in [2.75, 3.05) is 19.7 Å². The lowest BCUT2D eigenvalue weighted by Crippen LogP contribution is -2.34. The third-order valence-electron chi connectivity index (χ3n) is 2.86. The van der Waals surface area contributed by atoms with Crippen molar-refractivity contribution >= 4 is 5.91 Å². The number of carbonyl (C=O) groups excluding carboxylic acids is 1. The second-order valence-electron chi connectivity index (χ2n) is 4.44. The van der Waals surface area contributed by atoms with Gasteiger partial charge in [-0.05, 0) is 32.7 Å². The highest BCUT2D eigenvalue weighted by Gasteiger charge is 2.15. The molecule has 1 rings (SSSR count). The minimum Gasteiger partial charge on any atom is -0.378 e. The second-order valence-corrected chi connectivity index (χ2v) is 4.44. The summed E-state index contributed by atoms with van der Waals surface area (Å²) < 4.78 is 5.49. The molecule has 0 aromatic heterocycles. The summed E-state index contributed by atoms with van der Waals surface area (Å²) in [6.45, 7) is 6.61. The molecule has 1 saturated heterocycles. The van der Waals surface area contributed by atoms with Crippen LogP contribution in [-0.4, -0.2) is 37.7 Å². The van der Waals surface area contributed by atoms with E-state index in [1.165, 1.54) is 0 Å². The van der Waals surface area contributed by atoms with Crippen LogP contribution in [0.2, 0.25) is 0 Å². The number of rotatable bonds is 7. The van der Waals surface area contributed by atoms with Gasteiger partial charge in [-0.15, -0.1) is 0 Å². The maximum atomic E-state index is 11.5. The van der Waals surface area contributed by atoms with Gasteiger partial charge in [0.25, 0.3) is 0 Å². The summed E-state index contributed by atoms with van der Waals surface area (Å²) >= 11 is 0. The molecule has 0 bridgehead atoms. The number of ether oxygens (including phenoxy) is 1. The van der Waals surface area contributed by atoms with Gasteiger partial charge in [0.05, 0.1) is 6.10 Å². The Balaban J connectivity index is 2.01. The molecular weight excluding hydrogens is 204 g/mol. The normalized spacial score (nSPS) is 22.0. The first-order valence-electron chi connectivity index (χ1n) is 6.34. The largest absolute Gasteiger partial charge is 0.378 e. The molecule has 94 valence electrons. The summed E-state index contributed by atoms with van der Waals surface area (Å²) in [5, 5.41) is 6.16. The van der Waals surface area contributed by atoms with E-state index in [-0.39, 0.29) is 11.9 Å². The van der Waals surface area contributed by atoms with Crippen molar-refractivity contribution in [3.63, 3.8) is 0 Å². The Morgan fingerprint density at radius 3 is 3.00 bits per heavy atom. The van der Waals surface area contributed by atoms with Crippen molar-refractivity contribution in [1.82, 2.24) is 10.6 Å². The highest BCUT2D eigenvalue weighted by atomic mass is 16.5. The van der Waals surface area contributed by atoms with E-state index in [0.717, 1.165) is 39.0 Å². The van der Waals surface area contributed by atoms with Crippen LogP contribution >= 0.6 is 0 Å². The number of carbonyl (C=O) groups is 1. The third kappa shape index (κ3) is 5.47. The van der Waals surface area contributed by atoms with Gasteiger partial charge in [0.15, 0.2) is 0 Å². The van der Waals surface area contributed by atoms with E-state index in [1.807, 2.05) is 13.8 Å². The van der Waals surface area contributed by atoms with Crippen LogP contribution in [0.3, 0.4) is 0 Å². The molecule has 2 atom stereocenters. The van der Waals surface area contributed by atoms with Gasteiger partial charge >= 0.3 is 0 Å². The monoisotopic (exact) mass is 228 g/mol. The van der Waals surface area contributed by atoms with Gasteiger partial charge in [-0.3, -0.25) is 4.79 Å². The van der Waals surface area contributed by atoms with Gasteiger partial charge in [-0.25, -0.2) is 0 Å². The molecular formula is C12H24N2O2. The standard InChI is InChI=1S/C12H24N2O2/c1-3-13-10(2)9-12(15)14-7-6-11-5-4-8-16-11/h10-11,13H,3-9H2,1-2H3,(H,14,15). The average molecular weight is 228 g/mol. The number of amides is 1. The SMILES string of the molecule is CCNC(C)CC(=O)NCCC1CCCO1. The average Bonchev–Trinajstić information content (AvgIpc) is 2.70. The molecule has 2 N–H and O–H groups in total. The number of hydrogen-bond acceptors (Lipinski definition) is 3. The van der Waals surface area contributed by atoms with E-state index in [1.54, 1.807) is 0 Å². The molecule has 1 heterocycles. The van der Waals surface area contributed by atoms with Gasteiger partial charge in [-0.2, -0.15) is 0 Å². The van der Waals surface area contributed by atoms with Crippen LogP contribution < -0.4 is 10.6 Å². The first kappa shape index (κ1) is 13.5. The number of hydrogen-bond donors (Lipinski definition) is 2. The summed E-state index contributed by atoms with van der Waals surface area (Å²) in [7, 11) is 0. The van der Waals surface area contributed by atoms with E-state index in [2.05, 4.69) is 10.6 Å². The topological polar surface area (TPSA) is 50.4 Å². The lowest BCUT2D eigenvalue weighted by atomic mass is 10.2. The highest BCUT2D eigenvalue weighted by molar-refractivity contribution is 5.76. The van der Waals surface area contributed by atoms with Crippen LogP contribution in [0.25, 0.3) is 0 Å². The number of nitrogens with one attached hydrogen (secondary N) is 2. The molecule has 16 heavy (non-hydrogen) atoms. The Hall–Kier alpha value is -0.610. The molecule has 0 aromatic rings. The summed E-state index contributed by atoms with van der Waals surface area (Å²) in [6.07, 6.45) is 4.17. The fourth-order valence-electron chi connectivity index (χ4n) is 2.02. The summed E-state index contributed by atoms with van der Waals surface area (Å²) in [6, 6.07) is 0.257. The van der Waals surface area contributed by atoms with E-state index in [4.69, 9.17) is 4.74 Å². The lowest BCUT2D eigenvalue weighted by Gasteiger charge is -2.13. The molecule has 4 heteroatoms. The fraction of sp³-hybridized carbons (Fsp3) is 0.917. The first-order chi connectivity index (χ1) is 7.72. The van der Waals surface area contributed by atoms with Gasteiger partial charge in [0.1, 0.15) is 0 Å². The maximum absolute atomic E-state index is 11.5. The van der Waals surface area contributed by atoms with Gasteiger partial charge < -0.3 is 15.4 Å². The quantitative estimate of drug-likeness (QED) is 0.685. The molecule has 1 aliphatic rings. The van der Waals surface area contributed by atoms with Crippen LogP contribution in [0.4, 0.5) is 0 Å². The van der Waals surface area contributed by atoms with Crippen LogP contribution in [-0.2, 0) is 9.53 Å². The fourth-order valence-corrected chi connectivity index (χ4v) is 2.02. The Bertz CT molecular complexity index is 203. The Morgan fingerprint density at radius 1 is 1.56 bits per heavy atom. The van der Waals surface area contributed by atoms with Crippen LogP contribution in [0.1, 0.15) is 39.5 Å². The van der Waals surface area contributed by atoms with Crippen molar-refractivity contribution < 1.29 is 9.53 Å². The van der Waals surface area contributed by atoms with Crippen molar-refractivity contribution in [3.8, 4) is 0 Å². The molecule has 0 radical (unpaired) electrons. The highest BCUT2D eigenvalue weighted by Crippen LogP contribution is 2.14.